The number of thioether (sulfide) groups is 1. The number of hydrogen-bond donors (Lipinski definition) is 1. The van der Waals surface area contributed by atoms with Gasteiger partial charge in [-0.25, -0.2) is 0 Å². The van der Waals surface area contributed by atoms with Gasteiger partial charge in [-0.15, -0.1) is 0 Å². The van der Waals surface area contributed by atoms with Crippen molar-refractivity contribution in [3.63, 3.8) is 0 Å². The normalized spacial score (nSPS) is 24.6. The number of carbonyl (C=O) groups excluding carboxylic acids is 1. The van der Waals surface area contributed by atoms with Gasteiger partial charge in [-0.3, -0.25) is 10.1 Å². The quantitative estimate of drug-likeness (QED) is 0.908. The maximum absolute atomic E-state index is 12.7. The van der Waals surface area contributed by atoms with Gasteiger partial charge in [0, 0.05) is 6.54 Å². The molecule has 0 radical (unpaired) electrons. The van der Waals surface area contributed by atoms with E-state index in [0.29, 0.717) is 11.8 Å². The predicted octanol–water partition coefficient (Wildman–Crippen LogP) is 2.96. The first-order chi connectivity index (χ1) is 10.1. The number of aryl methyl sites for hydroxylation is 1. The van der Waals surface area contributed by atoms with Crippen LogP contribution in [0.5, 0.6) is 0 Å². The summed E-state index contributed by atoms with van der Waals surface area (Å²) < 4.78 is 0. The average molecular weight is 304 g/mol. The molecule has 2 fully saturated rings. The first kappa shape index (κ1) is 14.9. The van der Waals surface area contributed by atoms with E-state index in [4.69, 9.17) is 0 Å². The lowest BCUT2D eigenvalue weighted by Crippen LogP contribution is -2.35. The lowest BCUT2D eigenvalue weighted by molar-refractivity contribution is -0.131. The van der Waals surface area contributed by atoms with Gasteiger partial charge in [0.2, 0.25) is 5.91 Å². The lowest BCUT2D eigenvalue weighted by atomic mass is 10.1. The molecule has 4 heteroatoms. The molecule has 1 aromatic rings. The van der Waals surface area contributed by atoms with Gasteiger partial charge >= 0.3 is 0 Å². The third-order valence-electron chi connectivity index (χ3n) is 4.50. The maximum Gasteiger partial charge on any atom is 0.244 e. The summed E-state index contributed by atoms with van der Waals surface area (Å²) in [7, 11) is 0. The van der Waals surface area contributed by atoms with Gasteiger partial charge in [0.1, 0.15) is 11.7 Å². The molecular formula is C17H24N2OS. The second kappa shape index (κ2) is 5.65. The Labute approximate surface area is 131 Å². The molecule has 0 bridgehead atoms. The Balaban J connectivity index is 1.82. The van der Waals surface area contributed by atoms with Gasteiger partial charge in [-0.2, -0.15) is 11.8 Å². The number of nitrogens with one attached hydrogen (secondary N) is 1. The van der Waals surface area contributed by atoms with Crippen LogP contribution in [0, 0.1) is 12.8 Å². The summed E-state index contributed by atoms with van der Waals surface area (Å²) in [6.45, 7) is 5.17. The third kappa shape index (κ3) is 2.84. The van der Waals surface area contributed by atoms with Crippen LogP contribution in [0.1, 0.15) is 37.1 Å². The highest BCUT2D eigenvalue weighted by Gasteiger charge is 2.59. The molecule has 2 unspecified atom stereocenters. The fourth-order valence-electron chi connectivity index (χ4n) is 3.15. The van der Waals surface area contributed by atoms with Gasteiger partial charge in [-0.1, -0.05) is 36.8 Å². The van der Waals surface area contributed by atoms with Crippen LogP contribution in [-0.2, 0) is 4.79 Å². The van der Waals surface area contributed by atoms with Crippen LogP contribution in [-0.4, -0.2) is 34.9 Å². The number of amides is 1. The van der Waals surface area contributed by atoms with E-state index in [9.17, 15) is 4.79 Å². The van der Waals surface area contributed by atoms with E-state index in [-0.39, 0.29) is 11.7 Å². The molecule has 1 aliphatic carbocycles. The first-order valence-corrected chi connectivity index (χ1v) is 9.09. The second-order valence-corrected chi connectivity index (χ2v) is 7.47. The summed E-state index contributed by atoms with van der Waals surface area (Å²) in [4.78, 5) is 14.8. The predicted molar refractivity (Wildman–Crippen MR) is 88.3 cm³/mol. The van der Waals surface area contributed by atoms with Crippen molar-refractivity contribution in [1.82, 2.24) is 10.2 Å². The zero-order valence-electron chi connectivity index (χ0n) is 13.1. The Morgan fingerprint density at radius 1 is 1.38 bits per heavy atom. The van der Waals surface area contributed by atoms with Gasteiger partial charge in [0.25, 0.3) is 0 Å². The van der Waals surface area contributed by atoms with E-state index >= 15 is 0 Å². The molecular weight excluding hydrogens is 280 g/mol. The van der Waals surface area contributed by atoms with E-state index in [1.165, 1.54) is 11.1 Å². The molecule has 1 aromatic carbocycles. The minimum atomic E-state index is -0.241. The molecule has 1 aliphatic heterocycles. The van der Waals surface area contributed by atoms with Crippen molar-refractivity contribution in [2.45, 2.75) is 38.4 Å². The van der Waals surface area contributed by atoms with E-state index in [2.05, 4.69) is 54.6 Å². The molecule has 21 heavy (non-hydrogen) atoms. The Morgan fingerprint density at radius 2 is 2.05 bits per heavy atom. The van der Waals surface area contributed by atoms with Gasteiger partial charge in [-0.05, 0) is 43.3 Å². The molecule has 3 rings (SSSR count). The summed E-state index contributed by atoms with van der Waals surface area (Å²) in [5.41, 5.74) is 2.22. The largest absolute Gasteiger partial charge is 0.321 e. The molecule has 2 aliphatic rings. The lowest BCUT2D eigenvalue weighted by Gasteiger charge is -2.27. The monoisotopic (exact) mass is 304 g/mol. The van der Waals surface area contributed by atoms with Crippen molar-refractivity contribution in [2.75, 3.05) is 18.6 Å². The molecule has 1 heterocycles. The summed E-state index contributed by atoms with van der Waals surface area (Å²) in [6, 6.07) is 8.55. The summed E-state index contributed by atoms with van der Waals surface area (Å²) in [5, 5.41) is 3.59. The van der Waals surface area contributed by atoms with Gasteiger partial charge < -0.3 is 4.90 Å². The molecule has 2 atom stereocenters. The topological polar surface area (TPSA) is 32.3 Å². The van der Waals surface area contributed by atoms with Crippen LogP contribution in [0.2, 0.25) is 0 Å². The molecule has 1 saturated carbocycles. The third-order valence-corrected chi connectivity index (χ3v) is 5.40. The summed E-state index contributed by atoms with van der Waals surface area (Å²) >= 11 is 1.85. The van der Waals surface area contributed by atoms with Crippen molar-refractivity contribution in [2.24, 2.45) is 5.92 Å². The van der Waals surface area contributed by atoms with Crippen molar-refractivity contribution in [1.29, 1.82) is 0 Å². The highest BCUT2D eigenvalue weighted by Crippen LogP contribution is 2.46. The van der Waals surface area contributed by atoms with E-state index < -0.39 is 0 Å². The molecule has 1 N–H and O–H groups in total. The van der Waals surface area contributed by atoms with Crippen LogP contribution in [0.3, 0.4) is 0 Å². The van der Waals surface area contributed by atoms with Crippen molar-refractivity contribution >= 4 is 17.7 Å². The Morgan fingerprint density at radius 3 is 2.62 bits per heavy atom. The molecule has 3 nitrogen and oxygen atoms in total. The average Bonchev–Trinajstić information content (AvgIpc) is 3.19. The van der Waals surface area contributed by atoms with E-state index in [1.807, 2.05) is 11.8 Å². The summed E-state index contributed by atoms with van der Waals surface area (Å²) in [5.74, 6) is 1.92. The zero-order chi connectivity index (χ0) is 15.0. The summed E-state index contributed by atoms with van der Waals surface area (Å²) in [6.07, 6.45) is 4.15. The molecule has 0 aromatic heterocycles. The van der Waals surface area contributed by atoms with Crippen LogP contribution >= 0.6 is 11.8 Å². The minimum Gasteiger partial charge on any atom is -0.321 e. The van der Waals surface area contributed by atoms with Gasteiger partial charge in [0.05, 0.1) is 0 Å². The van der Waals surface area contributed by atoms with Crippen LogP contribution in [0.4, 0.5) is 0 Å². The Bertz CT molecular complexity index is 524. The second-order valence-electron chi connectivity index (χ2n) is 6.56. The standard InChI is InChI=1S/C17H24N2OS/c1-12-4-6-14(7-5-12)15-18-17(8-9-17)16(20)19(15)10-13(2)11-21-3/h4-7,13,15,18H,8-11H2,1-3H3. The highest BCUT2D eigenvalue weighted by atomic mass is 32.2. The highest BCUT2D eigenvalue weighted by molar-refractivity contribution is 7.98. The first-order valence-electron chi connectivity index (χ1n) is 7.70. The van der Waals surface area contributed by atoms with Crippen LogP contribution < -0.4 is 5.32 Å². The number of rotatable bonds is 5. The fourth-order valence-corrected chi connectivity index (χ4v) is 3.82. The van der Waals surface area contributed by atoms with Crippen LogP contribution in [0.25, 0.3) is 0 Å². The minimum absolute atomic E-state index is 0.0462. The molecule has 1 amide bonds. The van der Waals surface area contributed by atoms with E-state index in [1.54, 1.807) is 0 Å². The molecule has 1 spiro atoms. The smallest absolute Gasteiger partial charge is 0.244 e. The van der Waals surface area contributed by atoms with Crippen LogP contribution in [0.15, 0.2) is 24.3 Å². The zero-order valence-corrected chi connectivity index (χ0v) is 13.9. The SMILES string of the molecule is CSCC(C)CN1C(=O)C2(CC2)NC1c1ccc(C)cc1. The van der Waals surface area contributed by atoms with E-state index in [0.717, 1.165) is 25.1 Å². The number of benzene rings is 1. The number of nitrogens with zero attached hydrogens (tertiary/aromatic N) is 1. The molecule has 114 valence electrons. The fraction of sp³-hybridized carbons (Fsp3) is 0.588. The number of carbonyl (C=O) groups is 1. The molecule has 1 saturated heterocycles. The Hall–Kier alpha value is -1.00. The number of hydrogen-bond acceptors (Lipinski definition) is 3. The maximum atomic E-state index is 12.7. The Kier molecular flexibility index (Phi) is 4.02. The van der Waals surface area contributed by atoms with Crippen molar-refractivity contribution in [3.05, 3.63) is 35.4 Å². The van der Waals surface area contributed by atoms with Crippen molar-refractivity contribution in [3.8, 4) is 0 Å². The van der Waals surface area contributed by atoms with Crippen molar-refractivity contribution < 1.29 is 4.79 Å². The van der Waals surface area contributed by atoms with Gasteiger partial charge in [0.15, 0.2) is 0 Å².